The minimum atomic E-state index is -0.603. The van der Waals surface area contributed by atoms with Gasteiger partial charge in [0.05, 0.1) is 13.7 Å². The molecule has 0 fully saturated rings. The van der Waals surface area contributed by atoms with Crippen LogP contribution in [0.25, 0.3) is 0 Å². The van der Waals surface area contributed by atoms with Crippen LogP contribution in [0.4, 0.5) is 4.79 Å². The van der Waals surface area contributed by atoms with Crippen molar-refractivity contribution in [2.45, 2.75) is 0 Å². The maximum atomic E-state index is 11.8. The van der Waals surface area contributed by atoms with Crippen molar-refractivity contribution in [1.82, 2.24) is 10.4 Å². The molecule has 5 nitrogen and oxygen atoms in total. The summed E-state index contributed by atoms with van der Waals surface area (Å²) >= 11 is 3.19. The Bertz CT molecular complexity index is 384. The minimum Gasteiger partial charge on any atom is -0.452 e. The summed E-state index contributed by atoms with van der Waals surface area (Å²) in [6.45, 7) is 0.325. The third-order valence-electron chi connectivity index (χ3n) is 1.98. The van der Waals surface area contributed by atoms with Crippen LogP contribution >= 0.6 is 15.9 Å². The molecule has 0 radical (unpaired) electrons. The molecule has 17 heavy (non-hydrogen) atoms. The number of hydrazine groups is 1. The van der Waals surface area contributed by atoms with Gasteiger partial charge in [-0.05, 0) is 12.1 Å². The first kappa shape index (κ1) is 13.5. The number of methoxy groups -OCH3 is 1. The second-order valence-electron chi connectivity index (χ2n) is 3.12. The van der Waals surface area contributed by atoms with E-state index in [1.807, 2.05) is 6.07 Å². The number of carbonyl (C=O) groups excluding carboxylic acids is 2. The SMILES string of the molecule is COC(=O)N(CCBr)NC(=O)c1ccccc1. The van der Waals surface area contributed by atoms with Gasteiger partial charge < -0.3 is 4.74 Å². The van der Waals surface area contributed by atoms with Crippen LogP contribution in [0.3, 0.4) is 0 Å². The van der Waals surface area contributed by atoms with Gasteiger partial charge >= 0.3 is 6.09 Å². The predicted octanol–water partition coefficient (Wildman–Crippen LogP) is 1.79. The van der Waals surface area contributed by atoms with Gasteiger partial charge in [0, 0.05) is 10.9 Å². The molecule has 0 bridgehead atoms. The molecule has 6 heteroatoms. The summed E-state index contributed by atoms with van der Waals surface area (Å²) in [5.41, 5.74) is 2.96. The van der Waals surface area contributed by atoms with Crippen molar-refractivity contribution in [2.24, 2.45) is 0 Å². The molecule has 92 valence electrons. The lowest BCUT2D eigenvalue weighted by Crippen LogP contribution is -2.47. The summed E-state index contributed by atoms with van der Waals surface area (Å²) < 4.78 is 4.55. The van der Waals surface area contributed by atoms with E-state index in [-0.39, 0.29) is 5.91 Å². The van der Waals surface area contributed by atoms with E-state index in [2.05, 4.69) is 26.1 Å². The molecule has 1 aromatic rings. The molecule has 0 spiro atoms. The highest BCUT2D eigenvalue weighted by atomic mass is 79.9. The molecule has 2 amide bonds. The lowest BCUT2D eigenvalue weighted by Gasteiger charge is -2.20. The average molecular weight is 301 g/mol. The van der Waals surface area contributed by atoms with Crippen molar-refractivity contribution >= 4 is 27.9 Å². The van der Waals surface area contributed by atoms with E-state index < -0.39 is 6.09 Å². The smallest absolute Gasteiger partial charge is 0.428 e. The number of benzene rings is 1. The van der Waals surface area contributed by atoms with E-state index in [0.717, 1.165) is 5.01 Å². The van der Waals surface area contributed by atoms with Gasteiger partial charge in [-0.25, -0.2) is 9.80 Å². The molecule has 1 N–H and O–H groups in total. The number of ether oxygens (including phenoxy) is 1. The van der Waals surface area contributed by atoms with Crippen LogP contribution in [-0.2, 0) is 4.74 Å². The van der Waals surface area contributed by atoms with Crippen LogP contribution in [0.2, 0.25) is 0 Å². The second-order valence-corrected chi connectivity index (χ2v) is 3.91. The normalized spacial score (nSPS) is 9.53. The van der Waals surface area contributed by atoms with E-state index in [1.165, 1.54) is 7.11 Å². The Kier molecular flexibility index (Phi) is 5.48. The Labute approximate surface area is 108 Å². The summed E-state index contributed by atoms with van der Waals surface area (Å²) in [7, 11) is 1.26. The maximum absolute atomic E-state index is 11.8. The van der Waals surface area contributed by atoms with Gasteiger partial charge in [0.2, 0.25) is 0 Å². The first-order valence-corrected chi connectivity index (χ1v) is 6.08. The van der Waals surface area contributed by atoms with Gasteiger partial charge in [0.1, 0.15) is 0 Å². The number of halogens is 1. The van der Waals surface area contributed by atoms with Crippen LogP contribution < -0.4 is 5.43 Å². The fourth-order valence-electron chi connectivity index (χ4n) is 1.16. The Morgan fingerprint density at radius 3 is 2.53 bits per heavy atom. The fraction of sp³-hybridized carbons (Fsp3) is 0.273. The van der Waals surface area contributed by atoms with Crippen molar-refractivity contribution in [1.29, 1.82) is 0 Å². The first-order chi connectivity index (χ1) is 8.19. The van der Waals surface area contributed by atoms with Gasteiger partial charge in [0.25, 0.3) is 5.91 Å². The lowest BCUT2D eigenvalue weighted by molar-refractivity contribution is 0.0725. The number of hydrogen-bond acceptors (Lipinski definition) is 3. The van der Waals surface area contributed by atoms with Crippen molar-refractivity contribution in [2.75, 3.05) is 19.0 Å². The Morgan fingerprint density at radius 2 is 2.00 bits per heavy atom. The maximum Gasteiger partial charge on any atom is 0.428 e. The van der Waals surface area contributed by atoms with Crippen molar-refractivity contribution in [3.63, 3.8) is 0 Å². The van der Waals surface area contributed by atoms with Crippen LogP contribution in [0.1, 0.15) is 10.4 Å². The lowest BCUT2D eigenvalue weighted by atomic mass is 10.2. The predicted molar refractivity (Wildman–Crippen MR) is 66.8 cm³/mol. The number of hydrogen-bond donors (Lipinski definition) is 1. The van der Waals surface area contributed by atoms with E-state index >= 15 is 0 Å². The molecule has 1 rings (SSSR count). The molecule has 0 aliphatic carbocycles. The molecule has 0 heterocycles. The summed E-state index contributed by atoms with van der Waals surface area (Å²) in [6.07, 6.45) is -0.603. The molecule has 0 aliphatic rings. The van der Waals surface area contributed by atoms with Crippen LogP contribution in [0.15, 0.2) is 30.3 Å². The monoisotopic (exact) mass is 300 g/mol. The van der Waals surface area contributed by atoms with Crippen molar-refractivity contribution in [3.8, 4) is 0 Å². The zero-order valence-corrected chi connectivity index (χ0v) is 10.9. The molecule has 0 atom stereocenters. The standard InChI is InChI=1S/C11H13BrN2O3/c1-17-11(16)14(8-7-12)13-10(15)9-5-3-2-4-6-9/h2-6H,7-8H2,1H3,(H,13,15). The number of nitrogens with zero attached hydrogens (tertiary/aromatic N) is 1. The molecular weight excluding hydrogens is 288 g/mol. The van der Waals surface area contributed by atoms with Crippen molar-refractivity contribution in [3.05, 3.63) is 35.9 Å². The Morgan fingerprint density at radius 1 is 1.35 bits per heavy atom. The van der Waals surface area contributed by atoms with Gasteiger partial charge in [-0.15, -0.1) is 0 Å². The number of rotatable bonds is 3. The van der Waals surface area contributed by atoms with E-state index in [1.54, 1.807) is 24.3 Å². The summed E-state index contributed by atoms with van der Waals surface area (Å²) in [4.78, 5) is 23.1. The topological polar surface area (TPSA) is 58.6 Å². The fourth-order valence-corrected chi connectivity index (χ4v) is 1.52. The van der Waals surface area contributed by atoms with Crippen LogP contribution in [0.5, 0.6) is 0 Å². The molecule has 0 aliphatic heterocycles. The summed E-state index contributed by atoms with van der Waals surface area (Å²) in [5.74, 6) is -0.350. The molecular formula is C11H13BrN2O3. The second kappa shape index (κ2) is 6.90. The molecule has 0 saturated carbocycles. The highest BCUT2D eigenvalue weighted by Crippen LogP contribution is 2.00. The number of nitrogens with one attached hydrogen (secondary N) is 1. The number of alkyl halides is 1. The summed E-state index contributed by atoms with van der Waals surface area (Å²) in [6, 6.07) is 8.65. The van der Waals surface area contributed by atoms with Gasteiger partial charge in [0.15, 0.2) is 0 Å². The largest absolute Gasteiger partial charge is 0.452 e. The highest BCUT2D eigenvalue weighted by Gasteiger charge is 2.16. The van der Waals surface area contributed by atoms with Crippen LogP contribution in [-0.4, -0.2) is 36.0 Å². The number of amides is 2. The van der Waals surface area contributed by atoms with Gasteiger partial charge in [-0.1, -0.05) is 34.1 Å². The average Bonchev–Trinajstić information content (AvgIpc) is 2.38. The van der Waals surface area contributed by atoms with E-state index in [4.69, 9.17) is 0 Å². The first-order valence-electron chi connectivity index (χ1n) is 4.96. The van der Waals surface area contributed by atoms with Crippen molar-refractivity contribution < 1.29 is 14.3 Å². The number of carbonyl (C=O) groups is 2. The van der Waals surface area contributed by atoms with Crippen LogP contribution in [0, 0.1) is 0 Å². The van der Waals surface area contributed by atoms with Gasteiger partial charge in [-0.2, -0.15) is 0 Å². The van der Waals surface area contributed by atoms with E-state index in [9.17, 15) is 9.59 Å². The summed E-state index contributed by atoms with van der Waals surface area (Å²) in [5, 5.41) is 1.65. The molecule has 0 saturated heterocycles. The third-order valence-corrected chi connectivity index (χ3v) is 2.33. The molecule has 0 unspecified atom stereocenters. The highest BCUT2D eigenvalue weighted by molar-refractivity contribution is 9.09. The zero-order valence-electron chi connectivity index (χ0n) is 9.35. The molecule has 1 aromatic carbocycles. The zero-order chi connectivity index (χ0) is 12.7. The quantitative estimate of drug-likeness (QED) is 0.684. The third kappa shape index (κ3) is 4.07. The minimum absolute atomic E-state index is 0.325. The Balaban J connectivity index is 2.67. The molecule has 0 aromatic heterocycles. The van der Waals surface area contributed by atoms with E-state index in [0.29, 0.717) is 17.4 Å². The Hall–Kier alpha value is -1.56. The van der Waals surface area contributed by atoms with Gasteiger partial charge in [-0.3, -0.25) is 10.2 Å².